The van der Waals surface area contributed by atoms with Gasteiger partial charge in [0.25, 0.3) is 0 Å². The van der Waals surface area contributed by atoms with Crippen molar-refractivity contribution in [3.63, 3.8) is 0 Å². The number of nitrogens with one attached hydrogen (secondary N) is 1. The number of carbonyl (C=O) groups excluding carboxylic acids is 1. The number of methoxy groups -OCH3 is 1. The molecule has 0 saturated carbocycles. The van der Waals surface area contributed by atoms with Crippen molar-refractivity contribution in [2.45, 2.75) is 25.5 Å². The molecular weight excluding hydrogens is 254 g/mol. The molecule has 4 nitrogen and oxygen atoms in total. The molecule has 2 unspecified atom stereocenters. The number of hydrogen-bond donors (Lipinski definition) is 1. The number of esters is 1. The number of ether oxygens (including phenoxy) is 2. The zero-order chi connectivity index (χ0) is 13.1. The first-order valence-corrected chi connectivity index (χ1v) is 6.24. The van der Waals surface area contributed by atoms with E-state index in [1.165, 1.54) is 7.11 Å². The van der Waals surface area contributed by atoms with Gasteiger partial charge in [0, 0.05) is 18.0 Å². The van der Waals surface area contributed by atoms with E-state index in [1.54, 1.807) is 6.92 Å². The van der Waals surface area contributed by atoms with Crippen LogP contribution in [0.4, 0.5) is 0 Å². The molecule has 2 rings (SSSR count). The molecular formula is C13H16ClNO3. The molecule has 1 aromatic carbocycles. The fraction of sp³-hybridized carbons (Fsp3) is 0.462. The summed E-state index contributed by atoms with van der Waals surface area (Å²) in [6, 6.07) is 5.28. The lowest BCUT2D eigenvalue weighted by Gasteiger charge is -2.15. The quantitative estimate of drug-likeness (QED) is 0.847. The Morgan fingerprint density at radius 2 is 2.44 bits per heavy atom. The summed E-state index contributed by atoms with van der Waals surface area (Å²) in [6.45, 7) is 2.37. The van der Waals surface area contributed by atoms with Gasteiger partial charge in [0.2, 0.25) is 0 Å². The summed E-state index contributed by atoms with van der Waals surface area (Å²) in [7, 11) is 1.38. The van der Waals surface area contributed by atoms with Crippen LogP contribution in [-0.4, -0.2) is 31.8 Å². The van der Waals surface area contributed by atoms with Gasteiger partial charge in [-0.3, -0.25) is 4.79 Å². The van der Waals surface area contributed by atoms with E-state index in [4.69, 9.17) is 16.3 Å². The number of rotatable bonds is 4. The Morgan fingerprint density at radius 3 is 3.17 bits per heavy atom. The lowest BCUT2D eigenvalue weighted by Crippen LogP contribution is -2.40. The summed E-state index contributed by atoms with van der Waals surface area (Å²) < 4.78 is 10.4. The molecule has 1 N–H and O–H groups in total. The highest BCUT2D eigenvalue weighted by Gasteiger charge is 2.24. The Hall–Kier alpha value is -1.26. The Morgan fingerprint density at radius 1 is 1.67 bits per heavy atom. The van der Waals surface area contributed by atoms with E-state index < -0.39 is 0 Å². The third-order valence-corrected chi connectivity index (χ3v) is 3.21. The zero-order valence-corrected chi connectivity index (χ0v) is 11.2. The molecule has 0 bridgehead atoms. The third kappa shape index (κ3) is 2.94. The van der Waals surface area contributed by atoms with Gasteiger partial charge in [-0.2, -0.15) is 0 Å². The van der Waals surface area contributed by atoms with Crippen molar-refractivity contribution in [3.05, 3.63) is 28.8 Å². The average molecular weight is 270 g/mol. The van der Waals surface area contributed by atoms with Gasteiger partial charge in [0.05, 0.1) is 7.11 Å². The topological polar surface area (TPSA) is 47.6 Å². The maximum atomic E-state index is 11.2. The molecule has 0 saturated heterocycles. The van der Waals surface area contributed by atoms with Crippen LogP contribution >= 0.6 is 11.6 Å². The second-order valence-electron chi connectivity index (χ2n) is 4.35. The van der Waals surface area contributed by atoms with Crippen LogP contribution in [0.15, 0.2) is 18.2 Å². The van der Waals surface area contributed by atoms with Crippen LogP contribution in [0.5, 0.6) is 5.75 Å². The van der Waals surface area contributed by atoms with Crippen LogP contribution in [0.2, 0.25) is 5.02 Å². The largest absolute Gasteiger partial charge is 0.488 e. The average Bonchev–Trinajstić information content (AvgIpc) is 2.76. The molecule has 18 heavy (non-hydrogen) atoms. The van der Waals surface area contributed by atoms with Gasteiger partial charge < -0.3 is 14.8 Å². The SMILES string of the molecule is COC(=O)C(C)NCC1Cc2cc(Cl)ccc2O1. The molecule has 0 aromatic heterocycles. The smallest absolute Gasteiger partial charge is 0.322 e. The summed E-state index contributed by atoms with van der Waals surface area (Å²) in [5.74, 6) is 0.602. The van der Waals surface area contributed by atoms with Crippen LogP contribution in [0.1, 0.15) is 12.5 Å². The second kappa shape index (κ2) is 5.59. The Bertz CT molecular complexity index is 450. The molecule has 1 aliphatic heterocycles. The van der Waals surface area contributed by atoms with Gasteiger partial charge >= 0.3 is 5.97 Å². The number of carbonyl (C=O) groups is 1. The van der Waals surface area contributed by atoms with Crippen molar-refractivity contribution in [1.29, 1.82) is 0 Å². The van der Waals surface area contributed by atoms with Crippen LogP contribution in [0.25, 0.3) is 0 Å². The van der Waals surface area contributed by atoms with Gasteiger partial charge in [-0.05, 0) is 30.7 Å². The summed E-state index contributed by atoms with van der Waals surface area (Å²) >= 11 is 5.93. The molecule has 0 fully saturated rings. The van der Waals surface area contributed by atoms with Gasteiger partial charge in [0.15, 0.2) is 0 Å². The third-order valence-electron chi connectivity index (χ3n) is 2.97. The van der Waals surface area contributed by atoms with Crippen LogP contribution in [0.3, 0.4) is 0 Å². The highest BCUT2D eigenvalue weighted by atomic mass is 35.5. The van der Waals surface area contributed by atoms with E-state index in [9.17, 15) is 4.79 Å². The summed E-state index contributed by atoms with van der Waals surface area (Å²) in [6.07, 6.45) is 0.835. The highest BCUT2D eigenvalue weighted by Crippen LogP contribution is 2.30. The number of benzene rings is 1. The molecule has 0 radical (unpaired) electrons. The lowest BCUT2D eigenvalue weighted by molar-refractivity contribution is -0.142. The highest BCUT2D eigenvalue weighted by molar-refractivity contribution is 6.30. The van der Waals surface area contributed by atoms with Crippen molar-refractivity contribution in [3.8, 4) is 5.75 Å². The van der Waals surface area contributed by atoms with E-state index in [2.05, 4.69) is 10.1 Å². The first kappa shape index (κ1) is 13.2. The Labute approximate surface area is 111 Å². The molecule has 98 valence electrons. The standard InChI is InChI=1S/C13H16ClNO3/c1-8(13(16)17-2)15-7-11-6-9-5-10(14)3-4-12(9)18-11/h3-5,8,11,15H,6-7H2,1-2H3. The van der Waals surface area contributed by atoms with E-state index in [0.717, 1.165) is 17.7 Å². The monoisotopic (exact) mass is 269 g/mol. The van der Waals surface area contributed by atoms with Crippen molar-refractivity contribution in [1.82, 2.24) is 5.32 Å². The molecule has 0 spiro atoms. The van der Waals surface area contributed by atoms with Gasteiger partial charge in [-0.25, -0.2) is 0 Å². The number of hydrogen-bond acceptors (Lipinski definition) is 4. The van der Waals surface area contributed by atoms with Gasteiger partial charge in [-0.15, -0.1) is 0 Å². The van der Waals surface area contributed by atoms with Crippen molar-refractivity contribution in [2.24, 2.45) is 0 Å². The molecule has 1 heterocycles. The normalized spacial score (nSPS) is 18.9. The minimum atomic E-state index is -0.328. The molecule has 0 amide bonds. The molecule has 1 aromatic rings. The van der Waals surface area contributed by atoms with Crippen molar-refractivity contribution >= 4 is 17.6 Å². The first-order chi connectivity index (χ1) is 8.60. The van der Waals surface area contributed by atoms with Crippen LogP contribution in [-0.2, 0) is 16.0 Å². The molecule has 5 heteroatoms. The Balaban J connectivity index is 1.86. The van der Waals surface area contributed by atoms with Gasteiger partial charge in [-0.1, -0.05) is 11.6 Å². The first-order valence-electron chi connectivity index (χ1n) is 5.86. The molecule has 2 atom stereocenters. The number of halogens is 1. The second-order valence-corrected chi connectivity index (χ2v) is 4.79. The predicted molar refractivity (Wildman–Crippen MR) is 69.1 cm³/mol. The minimum absolute atomic E-state index is 0.0329. The predicted octanol–water partition coefficient (Wildman–Crippen LogP) is 1.79. The summed E-state index contributed by atoms with van der Waals surface area (Å²) in [4.78, 5) is 11.2. The van der Waals surface area contributed by atoms with Crippen LogP contribution < -0.4 is 10.1 Å². The van der Waals surface area contributed by atoms with E-state index >= 15 is 0 Å². The van der Waals surface area contributed by atoms with E-state index in [1.807, 2.05) is 18.2 Å². The zero-order valence-electron chi connectivity index (χ0n) is 10.4. The summed E-state index contributed by atoms with van der Waals surface area (Å²) in [5, 5.41) is 3.81. The van der Waals surface area contributed by atoms with Crippen molar-refractivity contribution < 1.29 is 14.3 Å². The fourth-order valence-electron chi connectivity index (χ4n) is 1.97. The van der Waals surface area contributed by atoms with E-state index in [0.29, 0.717) is 11.6 Å². The molecule has 1 aliphatic rings. The Kier molecular flexibility index (Phi) is 4.09. The lowest BCUT2D eigenvalue weighted by atomic mass is 10.1. The van der Waals surface area contributed by atoms with Crippen molar-refractivity contribution in [2.75, 3.05) is 13.7 Å². The summed E-state index contributed by atoms with van der Waals surface area (Å²) in [5.41, 5.74) is 1.11. The van der Waals surface area contributed by atoms with Crippen LogP contribution in [0, 0.1) is 0 Å². The van der Waals surface area contributed by atoms with E-state index in [-0.39, 0.29) is 18.1 Å². The van der Waals surface area contributed by atoms with Gasteiger partial charge in [0.1, 0.15) is 17.9 Å². The molecule has 0 aliphatic carbocycles. The number of fused-ring (bicyclic) bond motifs is 1. The maximum Gasteiger partial charge on any atom is 0.322 e. The maximum absolute atomic E-state index is 11.2. The minimum Gasteiger partial charge on any atom is -0.488 e. The fourth-order valence-corrected chi connectivity index (χ4v) is 2.17.